The summed E-state index contributed by atoms with van der Waals surface area (Å²) in [4.78, 5) is 0. The van der Waals surface area contributed by atoms with Crippen molar-refractivity contribution in [2.24, 2.45) is 0 Å². The van der Waals surface area contributed by atoms with Gasteiger partial charge < -0.3 is 4.74 Å². The van der Waals surface area contributed by atoms with Crippen molar-refractivity contribution in [1.82, 2.24) is 4.44 Å². The van der Waals surface area contributed by atoms with E-state index in [1.165, 1.54) is 25.7 Å². The van der Waals surface area contributed by atoms with Crippen molar-refractivity contribution in [1.29, 1.82) is 0 Å². The normalized spacial score (nSPS) is 24.4. The molecule has 15 heavy (non-hydrogen) atoms. The van der Waals surface area contributed by atoms with Crippen molar-refractivity contribution in [3.63, 3.8) is 0 Å². The number of rotatable bonds is 8. The summed E-state index contributed by atoms with van der Waals surface area (Å²) >= 11 is 0. The van der Waals surface area contributed by atoms with Gasteiger partial charge in [-0.1, -0.05) is 6.58 Å². The van der Waals surface area contributed by atoms with Gasteiger partial charge in [0.15, 0.2) is 0 Å². The second kappa shape index (κ2) is 5.62. The topological polar surface area (TPSA) is 12.5 Å². The van der Waals surface area contributed by atoms with E-state index in [1.54, 1.807) is 6.26 Å². The number of nitrogens with zero attached hydrogens (tertiary/aromatic N) is 1. The predicted octanol–water partition coefficient (Wildman–Crippen LogP) is 3.35. The molecule has 2 rings (SSSR count). The van der Waals surface area contributed by atoms with Crippen LogP contribution in [0.5, 0.6) is 0 Å². The van der Waals surface area contributed by atoms with Crippen molar-refractivity contribution >= 4 is 17.5 Å². The first-order valence-electron chi connectivity index (χ1n) is 5.84. The van der Waals surface area contributed by atoms with Crippen molar-refractivity contribution in [2.45, 2.75) is 50.0 Å². The fourth-order valence-electron chi connectivity index (χ4n) is 1.47. The highest BCUT2D eigenvalue weighted by Gasteiger charge is 2.29. The van der Waals surface area contributed by atoms with Gasteiger partial charge in [0.2, 0.25) is 0 Å². The van der Waals surface area contributed by atoms with Crippen molar-refractivity contribution in [3.05, 3.63) is 12.8 Å². The van der Waals surface area contributed by atoms with Crippen LogP contribution in [0.1, 0.15) is 32.6 Å². The molecule has 0 aromatic rings. The van der Waals surface area contributed by atoms with Gasteiger partial charge in [0.25, 0.3) is 0 Å². The summed E-state index contributed by atoms with van der Waals surface area (Å²) in [5, 5.41) is 0. The molecule has 0 N–H and O–H groups in total. The smallest absolute Gasteiger partial charge is 0.108 e. The Bertz CT molecular complexity index is 203. The summed E-state index contributed by atoms with van der Waals surface area (Å²) in [6.45, 7) is 6.85. The third-order valence-electron chi connectivity index (χ3n) is 2.60. The molecule has 0 amide bonds. The van der Waals surface area contributed by atoms with E-state index in [0.717, 1.165) is 35.3 Å². The van der Waals surface area contributed by atoms with Crippen LogP contribution < -0.4 is 0 Å². The molecule has 2 aliphatic carbocycles. The maximum absolute atomic E-state index is 5.41. The summed E-state index contributed by atoms with van der Waals surface area (Å²) in [5.41, 5.74) is 2.04. The lowest BCUT2D eigenvalue weighted by Crippen LogP contribution is -2.20. The van der Waals surface area contributed by atoms with Crippen LogP contribution in [0.25, 0.3) is 0 Å². The number of hydrogen-bond acceptors (Lipinski definition) is 2. The maximum atomic E-state index is 5.41. The molecule has 2 aliphatic rings. The van der Waals surface area contributed by atoms with Crippen LogP contribution in [0.4, 0.5) is 0 Å². The molecule has 0 aliphatic heterocycles. The molecule has 0 saturated heterocycles. The molecular formula is C11H21NOP2. The monoisotopic (exact) mass is 245 g/mol. The lowest BCUT2D eigenvalue weighted by atomic mass is 10.4. The summed E-state index contributed by atoms with van der Waals surface area (Å²) in [7, 11) is 2.10. The molecule has 0 aromatic carbocycles. The van der Waals surface area contributed by atoms with Gasteiger partial charge in [0.1, 0.15) is 6.10 Å². The van der Waals surface area contributed by atoms with Crippen molar-refractivity contribution in [3.8, 4) is 0 Å². The second-order valence-corrected chi connectivity index (χ2v) is 8.21. The zero-order chi connectivity index (χ0) is 10.7. The van der Waals surface area contributed by atoms with Crippen LogP contribution in [0.2, 0.25) is 0 Å². The van der Waals surface area contributed by atoms with Crippen molar-refractivity contribution < 1.29 is 4.74 Å². The highest BCUT2D eigenvalue weighted by atomic mass is 31.1. The molecule has 0 radical (unpaired) electrons. The molecule has 4 heteroatoms. The summed E-state index contributed by atoms with van der Waals surface area (Å²) in [6.07, 6.45) is 7.71. The quantitative estimate of drug-likeness (QED) is 0.480. The Morgan fingerprint density at radius 1 is 1.33 bits per heavy atom. The molecule has 0 bridgehead atoms. The minimum absolute atomic E-state index is 0.306. The average molecular weight is 245 g/mol. The molecule has 2 unspecified atom stereocenters. The summed E-state index contributed by atoms with van der Waals surface area (Å²) in [5.74, 6) is 0. The Balaban J connectivity index is 1.71. The highest BCUT2D eigenvalue weighted by Crippen LogP contribution is 2.52. The first kappa shape index (κ1) is 11.8. The number of hydrogen-bond donors (Lipinski definition) is 0. The van der Waals surface area contributed by atoms with E-state index in [2.05, 4.69) is 17.9 Å². The average Bonchev–Trinajstić information content (AvgIpc) is 2.99. The van der Waals surface area contributed by atoms with Gasteiger partial charge in [0, 0.05) is 6.54 Å². The van der Waals surface area contributed by atoms with Crippen LogP contribution >= 0.6 is 17.5 Å². The molecule has 0 heterocycles. The molecule has 2 nitrogen and oxygen atoms in total. The van der Waals surface area contributed by atoms with E-state index in [-0.39, 0.29) is 0 Å². The van der Waals surface area contributed by atoms with E-state index < -0.39 is 0 Å². The first-order chi connectivity index (χ1) is 7.28. The van der Waals surface area contributed by atoms with Crippen LogP contribution in [0, 0.1) is 0 Å². The van der Waals surface area contributed by atoms with Crippen LogP contribution in [0.3, 0.4) is 0 Å². The first-order valence-corrected chi connectivity index (χ1v) is 7.89. The molecule has 2 saturated carbocycles. The second-order valence-electron chi connectivity index (χ2n) is 4.53. The molecule has 86 valence electrons. The molecule has 0 spiro atoms. The van der Waals surface area contributed by atoms with Gasteiger partial charge in [-0.05, 0) is 61.4 Å². The highest BCUT2D eigenvalue weighted by molar-refractivity contribution is 7.52. The summed E-state index contributed by atoms with van der Waals surface area (Å²) in [6, 6.07) is 0. The lowest BCUT2D eigenvalue weighted by molar-refractivity contribution is 0.155. The summed E-state index contributed by atoms with van der Waals surface area (Å²) < 4.78 is 8.06. The largest absolute Gasteiger partial charge is 0.498 e. The van der Waals surface area contributed by atoms with E-state index in [4.69, 9.17) is 4.74 Å². The SMILES string of the molecule is C=CO[C@H](C)CN(PC1CC1)PC1CC1. The molecule has 3 atom stereocenters. The van der Waals surface area contributed by atoms with E-state index in [1.807, 2.05) is 0 Å². The van der Waals surface area contributed by atoms with Gasteiger partial charge in [-0.15, -0.1) is 0 Å². The van der Waals surface area contributed by atoms with E-state index in [0.29, 0.717) is 6.10 Å². The third kappa shape index (κ3) is 4.81. The standard InChI is InChI=1S/C11H21NOP2/c1-3-13-9(2)8-12(14-10-4-5-10)15-11-6-7-11/h3,9-11,14-15H,1,4-8H2,2H3/t9-/m1/s1. The Morgan fingerprint density at radius 2 is 1.87 bits per heavy atom. The van der Waals surface area contributed by atoms with Crippen LogP contribution in [-0.4, -0.2) is 28.4 Å². The Kier molecular flexibility index (Phi) is 4.43. The minimum atomic E-state index is 0.306. The minimum Gasteiger partial charge on any atom is -0.498 e. The van der Waals surface area contributed by atoms with Crippen LogP contribution in [-0.2, 0) is 4.74 Å². The Labute approximate surface area is 96.5 Å². The van der Waals surface area contributed by atoms with Gasteiger partial charge in [0.05, 0.1) is 6.26 Å². The van der Waals surface area contributed by atoms with Crippen LogP contribution in [0.15, 0.2) is 12.8 Å². The van der Waals surface area contributed by atoms with E-state index >= 15 is 0 Å². The zero-order valence-corrected chi connectivity index (χ0v) is 11.4. The number of ether oxygens (including phenoxy) is 1. The van der Waals surface area contributed by atoms with E-state index in [9.17, 15) is 0 Å². The maximum Gasteiger partial charge on any atom is 0.108 e. The van der Waals surface area contributed by atoms with Crippen molar-refractivity contribution in [2.75, 3.05) is 6.54 Å². The molecule has 0 aromatic heterocycles. The zero-order valence-electron chi connectivity index (χ0n) is 9.41. The fourth-order valence-corrected chi connectivity index (χ4v) is 5.32. The molecular weight excluding hydrogens is 224 g/mol. The lowest BCUT2D eigenvalue weighted by Gasteiger charge is -2.24. The Hall–Kier alpha value is 0.360. The van der Waals surface area contributed by atoms with Gasteiger partial charge in [-0.2, -0.15) is 0 Å². The Morgan fingerprint density at radius 3 is 2.27 bits per heavy atom. The fraction of sp³-hybridized carbons (Fsp3) is 0.818. The van der Waals surface area contributed by atoms with Gasteiger partial charge in [-0.3, -0.25) is 4.44 Å². The predicted molar refractivity (Wildman–Crippen MR) is 70.1 cm³/mol. The van der Waals surface area contributed by atoms with Gasteiger partial charge >= 0.3 is 0 Å². The van der Waals surface area contributed by atoms with Gasteiger partial charge in [-0.25, -0.2) is 0 Å². The molecule has 2 fully saturated rings. The third-order valence-corrected chi connectivity index (χ3v) is 6.25.